The Hall–Kier alpha value is -4.03. The molecule has 0 spiro atoms. The molecule has 0 aliphatic carbocycles. The van der Waals surface area contributed by atoms with Gasteiger partial charge in [0.05, 0.1) is 17.7 Å². The number of carbonyl (C=O) groups excluding carboxylic acids is 1. The molecule has 2 aromatic heterocycles. The second-order valence-corrected chi connectivity index (χ2v) is 8.80. The van der Waals surface area contributed by atoms with E-state index in [9.17, 15) is 10.1 Å². The maximum absolute atomic E-state index is 12.8. The molecule has 0 radical (unpaired) electrons. The lowest BCUT2D eigenvalue weighted by molar-refractivity contribution is 0.102. The molecule has 2 aromatic carbocycles. The molecule has 160 valence electrons. The van der Waals surface area contributed by atoms with Gasteiger partial charge in [0.25, 0.3) is 5.91 Å². The summed E-state index contributed by atoms with van der Waals surface area (Å²) in [5.74, 6) is 0.245. The quantitative estimate of drug-likeness (QED) is 0.466. The van der Waals surface area contributed by atoms with Crippen LogP contribution in [0.2, 0.25) is 0 Å². The highest BCUT2D eigenvalue weighted by Crippen LogP contribution is 2.28. The van der Waals surface area contributed by atoms with E-state index in [0.717, 1.165) is 11.3 Å². The van der Waals surface area contributed by atoms with Gasteiger partial charge in [-0.15, -0.1) is 0 Å². The van der Waals surface area contributed by atoms with Crippen LogP contribution in [0.25, 0.3) is 10.3 Å². The number of rotatable bonds is 5. The fourth-order valence-corrected chi connectivity index (χ4v) is 3.80. The monoisotopic (exact) mass is 443 g/mol. The largest absolute Gasteiger partial charge is 0.375 e. The van der Waals surface area contributed by atoms with E-state index in [-0.39, 0.29) is 5.91 Å². The number of thiazole rings is 1. The van der Waals surface area contributed by atoms with E-state index in [1.807, 2.05) is 56.1 Å². The maximum Gasteiger partial charge on any atom is 0.255 e. The normalized spacial score (nSPS) is 11.2. The van der Waals surface area contributed by atoms with E-state index in [4.69, 9.17) is 5.73 Å². The third-order valence-electron chi connectivity index (χ3n) is 5.07. The van der Waals surface area contributed by atoms with E-state index in [2.05, 4.69) is 26.3 Å². The fourth-order valence-electron chi connectivity index (χ4n) is 3.13. The fraction of sp³-hybridized carbons (Fsp3) is 0.174. The van der Waals surface area contributed by atoms with Gasteiger partial charge in [-0.05, 0) is 49.7 Å². The van der Waals surface area contributed by atoms with E-state index in [1.165, 1.54) is 11.3 Å². The predicted molar refractivity (Wildman–Crippen MR) is 127 cm³/mol. The summed E-state index contributed by atoms with van der Waals surface area (Å²) in [6.45, 7) is 3.65. The van der Waals surface area contributed by atoms with Gasteiger partial charge in [-0.1, -0.05) is 29.5 Å². The third kappa shape index (κ3) is 4.22. The minimum atomic E-state index is -0.678. The van der Waals surface area contributed by atoms with E-state index < -0.39 is 5.41 Å². The third-order valence-corrected chi connectivity index (χ3v) is 5.87. The molecule has 0 aliphatic rings. The van der Waals surface area contributed by atoms with Gasteiger partial charge in [0, 0.05) is 24.0 Å². The number of nitrogen functional groups attached to an aromatic ring is 1. The van der Waals surface area contributed by atoms with Crippen molar-refractivity contribution >= 4 is 50.0 Å². The Bertz CT molecular complexity index is 1360. The van der Waals surface area contributed by atoms with Crippen molar-refractivity contribution in [2.45, 2.75) is 19.3 Å². The molecule has 9 heteroatoms. The number of nitrogens with one attached hydrogen (secondary N) is 1. The Morgan fingerprint density at radius 3 is 2.75 bits per heavy atom. The molecule has 0 saturated heterocycles. The molecule has 3 N–H and O–H groups in total. The topological polar surface area (TPSA) is 121 Å². The number of benzene rings is 2. The van der Waals surface area contributed by atoms with Crippen LogP contribution in [-0.4, -0.2) is 27.9 Å². The van der Waals surface area contributed by atoms with Crippen molar-refractivity contribution in [3.8, 4) is 6.07 Å². The number of hydrogen-bond donors (Lipinski definition) is 2. The summed E-state index contributed by atoms with van der Waals surface area (Å²) >= 11 is 1.30. The van der Waals surface area contributed by atoms with Gasteiger partial charge in [-0.25, -0.2) is 9.97 Å². The van der Waals surface area contributed by atoms with Crippen LogP contribution >= 0.6 is 11.3 Å². The lowest BCUT2D eigenvalue weighted by Crippen LogP contribution is -2.17. The average molecular weight is 444 g/mol. The summed E-state index contributed by atoms with van der Waals surface area (Å²) in [6, 6.07) is 16.8. The summed E-state index contributed by atoms with van der Waals surface area (Å²) in [4.78, 5) is 28.4. The molecule has 0 bridgehead atoms. The molecule has 0 atom stereocenters. The first-order valence-corrected chi connectivity index (χ1v) is 10.6. The number of nitrogens with zero attached hydrogens (tertiary/aromatic N) is 5. The Labute approximate surface area is 189 Å². The Kier molecular flexibility index (Phi) is 5.47. The standard InChI is InChI=1S/C23H21N7OS/c1-23(2,13-24)15-7-4-6-14(10-15)19(31)27-16-8-5-9-17(11-16)30(3)22-26-12-18-20(29-22)32-21(25)28-18/h4-12H,1-3H3,(H2,25,28)(H,27,31). The van der Waals surface area contributed by atoms with Gasteiger partial charge in [0.15, 0.2) is 9.96 Å². The minimum absolute atomic E-state index is 0.252. The van der Waals surface area contributed by atoms with Crippen molar-refractivity contribution in [3.05, 3.63) is 65.9 Å². The van der Waals surface area contributed by atoms with E-state index in [1.54, 1.807) is 24.4 Å². The van der Waals surface area contributed by atoms with Crippen molar-refractivity contribution in [1.82, 2.24) is 15.0 Å². The highest BCUT2D eigenvalue weighted by molar-refractivity contribution is 7.21. The first kappa shape index (κ1) is 21.2. The van der Waals surface area contributed by atoms with Gasteiger partial charge in [-0.3, -0.25) is 4.79 Å². The van der Waals surface area contributed by atoms with Crippen molar-refractivity contribution in [1.29, 1.82) is 5.26 Å². The average Bonchev–Trinajstić information content (AvgIpc) is 3.18. The van der Waals surface area contributed by atoms with Crippen molar-refractivity contribution < 1.29 is 4.79 Å². The number of nitrogens with two attached hydrogens (primary N) is 1. The molecule has 8 nitrogen and oxygen atoms in total. The molecule has 4 aromatic rings. The van der Waals surface area contributed by atoms with Crippen LogP contribution in [0.15, 0.2) is 54.7 Å². The van der Waals surface area contributed by atoms with Gasteiger partial charge >= 0.3 is 0 Å². The molecule has 0 aliphatic heterocycles. The van der Waals surface area contributed by atoms with E-state index in [0.29, 0.717) is 32.7 Å². The number of hydrogen-bond acceptors (Lipinski definition) is 8. The Morgan fingerprint density at radius 2 is 1.97 bits per heavy atom. The van der Waals surface area contributed by atoms with Crippen molar-refractivity contribution in [3.63, 3.8) is 0 Å². The van der Waals surface area contributed by atoms with Crippen molar-refractivity contribution in [2.24, 2.45) is 0 Å². The second-order valence-electron chi connectivity index (χ2n) is 7.79. The highest BCUT2D eigenvalue weighted by Gasteiger charge is 2.21. The van der Waals surface area contributed by atoms with Crippen LogP contribution < -0.4 is 16.0 Å². The molecule has 2 heterocycles. The molecular weight excluding hydrogens is 422 g/mol. The first-order valence-electron chi connectivity index (χ1n) is 9.83. The molecule has 0 saturated carbocycles. The van der Waals surface area contributed by atoms with Crippen molar-refractivity contribution in [2.75, 3.05) is 23.0 Å². The Balaban J connectivity index is 1.56. The number of amides is 1. The predicted octanol–water partition coefficient (Wildman–Crippen LogP) is 4.49. The zero-order chi connectivity index (χ0) is 22.9. The maximum atomic E-state index is 12.8. The van der Waals surface area contributed by atoms with Crippen LogP contribution in [0.5, 0.6) is 0 Å². The van der Waals surface area contributed by atoms with Crippen LogP contribution in [-0.2, 0) is 5.41 Å². The molecule has 0 unspecified atom stereocenters. The summed E-state index contributed by atoms with van der Waals surface area (Å²) in [6.07, 6.45) is 1.64. The molecule has 1 amide bonds. The number of carbonyl (C=O) groups is 1. The smallest absolute Gasteiger partial charge is 0.255 e. The lowest BCUT2D eigenvalue weighted by atomic mass is 9.85. The number of fused-ring (bicyclic) bond motifs is 1. The van der Waals surface area contributed by atoms with Crippen LogP contribution in [0.1, 0.15) is 29.8 Å². The molecule has 0 fully saturated rings. The van der Waals surface area contributed by atoms with Gasteiger partial charge < -0.3 is 16.0 Å². The van der Waals surface area contributed by atoms with Gasteiger partial charge in [0.1, 0.15) is 5.52 Å². The van der Waals surface area contributed by atoms with Crippen LogP contribution in [0.3, 0.4) is 0 Å². The van der Waals surface area contributed by atoms with Gasteiger partial charge in [0.2, 0.25) is 5.95 Å². The number of nitriles is 1. The molecular formula is C23H21N7OS. The lowest BCUT2D eigenvalue weighted by Gasteiger charge is -2.18. The van der Waals surface area contributed by atoms with Gasteiger partial charge in [-0.2, -0.15) is 10.2 Å². The number of anilines is 4. The summed E-state index contributed by atoms with van der Waals surface area (Å²) in [5.41, 5.74) is 8.45. The summed E-state index contributed by atoms with van der Waals surface area (Å²) in [5, 5.41) is 12.7. The molecule has 4 rings (SSSR count). The second kappa shape index (κ2) is 8.24. The summed E-state index contributed by atoms with van der Waals surface area (Å²) < 4.78 is 0. The summed E-state index contributed by atoms with van der Waals surface area (Å²) in [7, 11) is 1.85. The Morgan fingerprint density at radius 1 is 1.19 bits per heavy atom. The SMILES string of the molecule is CN(c1cccc(NC(=O)c2cccc(C(C)(C)C#N)c2)c1)c1ncc2nc(N)sc2n1. The number of aromatic nitrogens is 3. The first-order chi connectivity index (χ1) is 15.3. The van der Waals surface area contributed by atoms with E-state index >= 15 is 0 Å². The zero-order valence-corrected chi connectivity index (χ0v) is 18.6. The van der Waals surface area contributed by atoms with Crippen LogP contribution in [0.4, 0.5) is 22.5 Å². The van der Waals surface area contributed by atoms with Crippen LogP contribution in [0, 0.1) is 11.3 Å². The highest BCUT2D eigenvalue weighted by atomic mass is 32.1. The minimum Gasteiger partial charge on any atom is -0.375 e. The zero-order valence-electron chi connectivity index (χ0n) is 17.8. The molecule has 32 heavy (non-hydrogen) atoms.